The molecule has 0 aromatic carbocycles. The predicted molar refractivity (Wildman–Crippen MR) is 66.2 cm³/mol. The third-order valence-corrected chi connectivity index (χ3v) is 2.48. The SMILES string of the molecule is CCCNCc1cnc(-c2nccn2C)nc1. The van der Waals surface area contributed by atoms with Crippen LogP contribution in [-0.4, -0.2) is 26.1 Å². The Morgan fingerprint density at radius 1 is 1.24 bits per heavy atom. The zero-order valence-corrected chi connectivity index (χ0v) is 10.2. The van der Waals surface area contributed by atoms with E-state index in [1.54, 1.807) is 6.20 Å². The Balaban J connectivity index is 2.06. The van der Waals surface area contributed by atoms with E-state index in [2.05, 4.69) is 27.2 Å². The first-order valence-electron chi connectivity index (χ1n) is 5.80. The molecule has 0 aliphatic heterocycles. The van der Waals surface area contributed by atoms with Crippen LogP contribution in [0.4, 0.5) is 0 Å². The van der Waals surface area contributed by atoms with Crippen LogP contribution in [0.15, 0.2) is 24.8 Å². The van der Waals surface area contributed by atoms with E-state index in [0.29, 0.717) is 5.82 Å². The molecule has 2 rings (SSSR count). The summed E-state index contributed by atoms with van der Waals surface area (Å²) in [6.45, 7) is 3.98. The Kier molecular flexibility index (Phi) is 3.82. The summed E-state index contributed by atoms with van der Waals surface area (Å²) in [7, 11) is 1.93. The molecule has 0 spiro atoms. The van der Waals surface area contributed by atoms with Gasteiger partial charge in [-0.1, -0.05) is 6.92 Å². The highest BCUT2D eigenvalue weighted by atomic mass is 15.1. The van der Waals surface area contributed by atoms with Crippen molar-refractivity contribution in [2.24, 2.45) is 7.05 Å². The molecule has 2 aromatic rings. The minimum absolute atomic E-state index is 0.664. The average Bonchev–Trinajstić information content (AvgIpc) is 2.77. The summed E-state index contributed by atoms with van der Waals surface area (Å²) in [5, 5.41) is 3.32. The second-order valence-electron chi connectivity index (χ2n) is 3.95. The summed E-state index contributed by atoms with van der Waals surface area (Å²) >= 11 is 0. The summed E-state index contributed by atoms with van der Waals surface area (Å²) < 4.78 is 1.91. The lowest BCUT2D eigenvalue weighted by Gasteiger charge is -2.04. The fourth-order valence-corrected chi connectivity index (χ4v) is 1.55. The summed E-state index contributed by atoms with van der Waals surface area (Å²) in [5.41, 5.74) is 1.09. The van der Waals surface area contributed by atoms with Crippen molar-refractivity contribution in [3.05, 3.63) is 30.4 Å². The molecule has 0 unspecified atom stereocenters. The molecule has 0 radical (unpaired) electrons. The molecule has 1 N–H and O–H groups in total. The maximum absolute atomic E-state index is 4.33. The number of rotatable bonds is 5. The molecule has 5 heteroatoms. The molecule has 0 atom stereocenters. The van der Waals surface area contributed by atoms with E-state index in [9.17, 15) is 0 Å². The van der Waals surface area contributed by atoms with E-state index in [-0.39, 0.29) is 0 Å². The maximum Gasteiger partial charge on any atom is 0.195 e. The highest BCUT2D eigenvalue weighted by molar-refractivity contribution is 5.43. The fraction of sp³-hybridized carbons (Fsp3) is 0.417. The smallest absolute Gasteiger partial charge is 0.195 e. The number of imidazole rings is 1. The van der Waals surface area contributed by atoms with Crippen LogP contribution in [0.5, 0.6) is 0 Å². The molecule has 17 heavy (non-hydrogen) atoms. The maximum atomic E-state index is 4.33. The van der Waals surface area contributed by atoms with E-state index >= 15 is 0 Å². The highest BCUT2D eigenvalue weighted by Gasteiger charge is 2.05. The molecular formula is C12H17N5. The van der Waals surface area contributed by atoms with Gasteiger partial charge in [0.15, 0.2) is 11.6 Å². The molecule has 2 aromatic heterocycles. The van der Waals surface area contributed by atoms with Crippen molar-refractivity contribution in [3.63, 3.8) is 0 Å². The zero-order chi connectivity index (χ0) is 12.1. The van der Waals surface area contributed by atoms with Crippen LogP contribution in [-0.2, 0) is 13.6 Å². The van der Waals surface area contributed by atoms with Gasteiger partial charge in [-0.05, 0) is 13.0 Å². The molecule has 0 saturated heterocycles. The Bertz CT molecular complexity index is 460. The van der Waals surface area contributed by atoms with E-state index < -0.39 is 0 Å². The van der Waals surface area contributed by atoms with Gasteiger partial charge in [0.25, 0.3) is 0 Å². The molecule has 0 aliphatic rings. The summed E-state index contributed by atoms with van der Waals surface area (Å²) in [4.78, 5) is 12.9. The third-order valence-electron chi connectivity index (χ3n) is 2.48. The van der Waals surface area contributed by atoms with Crippen LogP contribution in [0.2, 0.25) is 0 Å². The zero-order valence-electron chi connectivity index (χ0n) is 10.2. The van der Waals surface area contributed by atoms with Gasteiger partial charge in [-0.25, -0.2) is 15.0 Å². The van der Waals surface area contributed by atoms with E-state index in [4.69, 9.17) is 0 Å². The van der Waals surface area contributed by atoms with Gasteiger partial charge in [-0.2, -0.15) is 0 Å². The highest BCUT2D eigenvalue weighted by Crippen LogP contribution is 2.10. The van der Waals surface area contributed by atoms with Crippen molar-refractivity contribution >= 4 is 0 Å². The molecule has 0 saturated carbocycles. The molecule has 0 amide bonds. The van der Waals surface area contributed by atoms with Crippen LogP contribution in [0.25, 0.3) is 11.6 Å². The van der Waals surface area contributed by atoms with Crippen molar-refractivity contribution < 1.29 is 0 Å². The van der Waals surface area contributed by atoms with Gasteiger partial charge < -0.3 is 9.88 Å². The van der Waals surface area contributed by atoms with E-state index in [1.807, 2.05) is 30.2 Å². The molecule has 2 heterocycles. The third kappa shape index (κ3) is 2.88. The number of nitrogens with zero attached hydrogens (tertiary/aromatic N) is 4. The quantitative estimate of drug-likeness (QED) is 0.790. The van der Waals surface area contributed by atoms with Crippen molar-refractivity contribution in [3.8, 4) is 11.6 Å². The number of aryl methyl sites for hydroxylation is 1. The Hall–Kier alpha value is -1.75. The molecule has 5 nitrogen and oxygen atoms in total. The topological polar surface area (TPSA) is 55.6 Å². The molecule has 0 bridgehead atoms. The molecular weight excluding hydrogens is 214 g/mol. The first kappa shape index (κ1) is 11.7. The van der Waals surface area contributed by atoms with Crippen LogP contribution in [0.1, 0.15) is 18.9 Å². The van der Waals surface area contributed by atoms with Gasteiger partial charge >= 0.3 is 0 Å². The minimum atomic E-state index is 0.664. The normalized spacial score (nSPS) is 10.7. The lowest BCUT2D eigenvalue weighted by atomic mass is 10.3. The van der Waals surface area contributed by atoms with Crippen molar-refractivity contribution in [2.75, 3.05) is 6.54 Å². The molecule has 90 valence electrons. The van der Waals surface area contributed by atoms with Crippen LogP contribution >= 0.6 is 0 Å². The van der Waals surface area contributed by atoms with Gasteiger partial charge in [0, 0.05) is 43.9 Å². The number of aromatic nitrogens is 4. The Morgan fingerprint density at radius 3 is 2.59 bits per heavy atom. The standard InChI is InChI=1S/C12H17N5/c1-3-4-13-7-10-8-15-11(16-9-10)12-14-5-6-17(12)2/h5-6,8-9,13H,3-4,7H2,1-2H3. The van der Waals surface area contributed by atoms with Gasteiger partial charge in [0.05, 0.1) is 0 Å². The Labute approximate surface area is 101 Å². The monoisotopic (exact) mass is 231 g/mol. The van der Waals surface area contributed by atoms with Crippen LogP contribution in [0.3, 0.4) is 0 Å². The Morgan fingerprint density at radius 2 is 2.00 bits per heavy atom. The number of nitrogens with one attached hydrogen (secondary N) is 1. The van der Waals surface area contributed by atoms with Crippen molar-refractivity contribution in [2.45, 2.75) is 19.9 Å². The van der Waals surface area contributed by atoms with Crippen molar-refractivity contribution in [1.82, 2.24) is 24.8 Å². The fourth-order valence-electron chi connectivity index (χ4n) is 1.55. The van der Waals surface area contributed by atoms with E-state index in [0.717, 1.165) is 30.9 Å². The van der Waals surface area contributed by atoms with Crippen molar-refractivity contribution in [1.29, 1.82) is 0 Å². The van der Waals surface area contributed by atoms with Crippen LogP contribution < -0.4 is 5.32 Å². The second-order valence-corrected chi connectivity index (χ2v) is 3.95. The molecule has 0 aliphatic carbocycles. The minimum Gasteiger partial charge on any atom is -0.331 e. The van der Waals surface area contributed by atoms with E-state index in [1.165, 1.54) is 0 Å². The largest absolute Gasteiger partial charge is 0.331 e. The average molecular weight is 231 g/mol. The predicted octanol–water partition coefficient (Wildman–Crippen LogP) is 1.38. The summed E-state index contributed by atoms with van der Waals surface area (Å²) in [5.74, 6) is 1.45. The van der Waals surface area contributed by atoms with Gasteiger partial charge in [0.2, 0.25) is 0 Å². The summed E-state index contributed by atoms with van der Waals surface area (Å²) in [6.07, 6.45) is 8.45. The summed E-state index contributed by atoms with van der Waals surface area (Å²) in [6, 6.07) is 0. The first-order chi connectivity index (χ1) is 8.31. The second kappa shape index (κ2) is 5.54. The molecule has 0 fully saturated rings. The van der Waals surface area contributed by atoms with Crippen LogP contribution in [0, 0.1) is 0 Å². The number of hydrogen-bond donors (Lipinski definition) is 1. The van der Waals surface area contributed by atoms with Gasteiger partial charge in [-0.3, -0.25) is 0 Å². The van der Waals surface area contributed by atoms with Gasteiger partial charge in [0.1, 0.15) is 0 Å². The first-order valence-corrected chi connectivity index (χ1v) is 5.80. The lowest BCUT2D eigenvalue weighted by Crippen LogP contribution is -2.14. The van der Waals surface area contributed by atoms with Gasteiger partial charge in [-0.15, -0.1) is 0 Å². The number of hydrogen-bond acceptors (Lipinski definition) is 4. The lowest BCUT2D eigenvalue weighted by molar-refractivity contribution is 0.672.